The number of aromatic nitrogens is 1. The molecule has 32 heteroatoms. The number of phenols is 1. The molecule has 1 heterocycles. The molecule has 12 amide bonds. The average molecular weight is 1320 g/mol. The highest BCUT2D eigenvalue weighted by Gasteiger charge is 2.38. The molecule has 518 valence electrons. The van der Waals surface area contributed by atoms with Gasteiger partial charge in [0.1, 0.15) is 60.1 Å². The van der Waals surface area contributed by atoms with Crippen LogP contribution in [-0.2, 0) is 70.4 Å². The summed E-state index contributed by atoms with van der Waals surface area (Å²) in [6, 6.07) is 0.301. The summed E-state index contributed by atoms with van der Waals surface area (Å²) in [6.07, 6.45) is 1.07. The van der Waals surface area contributed by atoms with Gasteiger partial charge < -0.3 is 98.1 Å². The number of nitrogens with two attached hydrogens (primary N) is 7. The molecule has 0 aliphatic rings. The molecule has 0 aliphatic carbocycles. The molecule has 0 saturated heterocycles. The van der Waals surface area contributed by atoms with E-state index in [4.69, 9.17) is 40.1 Å². The van der Waals surface area contributed by atoms with Crippen LogP contribution in [0.4, 0.5) is 0 Å². The number of nitrogens with one attached hydrogen (secondary N) is 10. The van der Waals surface area contributed by atoms with Crippen molar-refractivity contribution in [1.82, 2.24) is 52.8 Å². The van der Waals surface area contributed by atoms with E-state index in [1.807, 2.05) is 0 Å². The van der Waals surface area contributed by atoms with Gasteiger partial charge in [-0.15, -0.1) is 0 Å². The third kappa shape index (κ3) is 26.7. The zero-order valence-corrected chi connectivity index (χ0v) is 54.5. The minimum Gasteiger partial charge on any atom is -0.508 e. The highest BCUT2D eigenvalue weighted by molar-refractivity contribution is 5.99. The molecule has 0 bridgehead atoms. The van der Waals surface area contributed by atoms with E-state index in [1.54, 1.807) is 72.0 Å². The van der Waals surface area contributed by atoms with Crippen LogP contribution in [-0.4, -0.2) is 160 Å². The lowest BCUT2D eigenvalue weighted by Crippen LogP contribution is -2.62. The molecule has 0 saturated carbocycles. The number of aromatic amines is 1. The van der Waals surface area contributed by atoms with E-state index < -0.39 is 143 Å². The minimum atomic E-state index is -1.51. The number of rotatable bonds is 42. The van der Waals surface area contributed by atoms with Crippen molar-refractivity contribution >= 4 is 93.7 Å². The summed E-state index contributed by atoms with van der Waals surface area (Å²) < 4.78 is 0. The first-order chi connectivity index (χ1) is 44.4. The molecule has 12 atom stereocenters. The summed E-state index contributed by atoms with van der Waals surface area (Å²) in [4.78, 5) is 175. The van der Waals surface area contributed by atoms with Crippen LogP contribution in [0.2, 0.25) is 0 Å². The molecule has 3 rings (SSSR count). The first-order valence-corrected chi connectivity index (χ1v) is 31.4. The van der Waals surface area contributed by atoms with Crippen molar-refractivity contribution in [3.8, 4) is 5.75 Å². The average Bonchev–Trinajstić information content (AvgIpc) is 1.56. The number of benzene rings is 2. The largest absolute Gasteiger partial charge is 0.508 e. The molecular formula is C62H97N19O13. The van der Waals surface area contributed by atoms with Gasteiger partial charge in [-0.3, -0.25) is 67.5 Å². The molecule has 0 radical (unpaired) electrons. The van der Waals surface area contributed by atoms with Crippen LogP contribution in [0.3, 0.4) is 0 Å². The van der Waals surface area contributed by atoms with Crippen molar-refractivity contribution in [2.75, 3.05) is 13.1 Å². The number of hydrogen-bond donors (Lipinski definition) is 18. The topological polar surface area (TPSA) is 556 Å². The van der Waals surface area contributed by atoms with E-state index >= 15 is 9.59 Å². The number of fused-ring (bicyclic) bond motifs is 1. The Balaban J connectivity index is 2.14. The predicted molar refractivity (Wildman–Crippen MR) is 351 cm³/mol. The van der Waals surface area contributed by atoms with Gasteiger partial charge in [-0.05, 0) is 85.6 Å². The number of carbonyl (C=O) groups is 12. The van der Waals surface area contributed by atoms with Gasteiger partial charge in [-0.2, -0.15) is 0 Å². The Kier molecular flexibility index (Phi) is 32.8. The molecule has 3 aromatic rings. The van der Waals surface area contributed by atoms with Crippen LogP contribution in [0.25, 0.3) is 10.9 Å². The number of aromatic hydroxyl groups is 1. The van der Waals surface area contributed by atoms with Crippen LogP contribution in [0, 0.1) is 17.8 Å². The molecule has 0 fully saturated rings. The predicted octanol–water partition coefficient (Wildman–Crippen LogP) is -2.70. The fraction of sp³-hybridized carbons (Fsp3) is 0.548. The Hall–Kier alpha value is -10.0. The zero-order chi connectivity index (χ0) is 70.4. The van der Waals surface area contributed by atoms with Crippen LogP contribution in [0.5, 0.6) is 5.75 Å². The summed E-state index contributed by atoms with van der Waals surface area (Å²) in [5.74, 6) is -12.3. The second-order valence-corrected chi connectivity index (χ2v) is 23.4. The Morgan fingerprint density at radius 3 is 1.28 bits per heavy atom. The second-order valence-electron chi connectivity index (χ2n) is 23.4. The van der Waals surface area contributed by atoms with E-state index in [0.717, 1.165) is 6.92 Å². The van der Waals surface area contributed by atoms with Crippen molar-refractivity contribution in [2.24, 2.45) is 67.9 Å². The smallest absolute Gasteiger partial charge is 0.243 e. The first-order valence-electron chi connectivity index (χ1n) is 31.4. The van der Waals surface area contributed by atoms with Crippen molar-refractivity contribution in [3.63, 3.8) is 0 Å². The number of amides is 12. The Bertz CT molecular complexity index is 3150. The zero-order valence-electron chi connectivity index (χ0n) is 54.5. The van der Waals surface area contributed by atoms with Crippen molar-refractivity contribution in [3.05, 3.63) is 65.9 Å². The second kappa shape index (κ2) is 39.4. The quantitative estimate of drug-likeness (QED) is 0.0156. The number of primary amides is 3. The maximum absolute atomic E-state index is 15.0. The number of para-hydroxylation sites is 1. The summed E-state index contributed by atoms with van der Waals surface area (Å²) in [5.41, 5.74) is 40.4. The minimum absolute atomic E-state index is 0.0319. The van der Waals surface area contributed by atoms with Crippen LogP contribution in [0.1, 0.15) is 130 Å². The van der Waals surface area contributed by atoms with E-state index in [2.05, 4.69) is 62.8 Å². The lowest BCUT2D eigenvalue weighted by molar-refractivity contribution is -0.137. The molecule has 0 unspecified atom stereocenters. The Morgan fingerprint density at radius 2 is 0.830 bits per heavy atom. The molecule has 32 nitrogen and oxygen atoms in total. The lowest BCUT2D eigenvalue weighted by Gasteiger charge is -2.31. The van der Waals surface area contributed by atoms with Crippen molar-refractivity contribution < 1.29 is 62.6 Å². The standard InChI is InChI=1S/C62H97N19O13/c1-8-32(4)49(79-55(89)44(73-35(7)82)24-26-48(64)85)59(93)78-45(29-36-19-21-38(83)22-20-36)56(90)76-42(17-13-27-70-61(66)67)53(87)75-43(18-14-28-71-62(68)69)54(88)77-46(30-37-31-72-40-16-12-11-15-39(37)40)57(91)80-51(34(6)10-3)60(94)81-50(33(5)9-2)58(92)74-41(52(65)86)23-25-47(63)84/h11-12,15-16,19-22,31-34,41-46,49-51,72,83H,8-10,13-14,17-18,23-30H2,1-7H3,(H2,63,84)(H2,64,85)(H2,65,86)(H,73,82)(H,74,92)(H,75,87)(H,76,90)(H,77,88)(H,78,93)(H,79,89)(H,80,91)(H,81,94)(H4,66,67,70)(H4,68,69,71)/t32-,33-,34-,41-,42-,43-,44-,45-,46-,49-,50-,51-/m0/s1. The van der Waals surface area contributed by atoms with Gasteiger partial charge in [0.05, 0.1) is 0 Å². The van der Waals surface area contributed by atoms with Crippen LogP contribution >= 0.6 is 0 Å². The van der Waals surface area contributed by atoms with E-state index in [1.165, 1.54) is 24.3 Å². The Labute approximate surface area is 546 Å². The number of hydrogen-bond acceptors (Lipinski definition) is 15. The van der Waals surface area contributed by atoms with Gasteiger partial charge >= 0.3 is 0 Å². The highest BCUT2D eigenvalue weighted by Crippen LogP contribution is 2.21. The number of H-pyrrole nitrogens is 1. The monoisotopic (exact) mass is 1320 g/mol. The van der Waals surface area contributed by atoms with E-state index in [-0.39, 0.29) is 95.0 Å². The third-order valence-corrected chi connectivity index (χ3v) is 16.0. The van der Waals surface area contributed by atoms with Gasteiger partial charge in [0.15, 0.2) is 11.9 Å². The Morgan fingerprint density at radius 1 is 0.457 bits per heavy atom. The first kappa shape index (κ1) is 78.2. The number of guanidine groups is 2. The van der Waals surface area contributed by atoms with Gasteiger partial charge in [-0.1, -0.05) is 91.1 Å². The van der Waals surface area contributed by atoms with Crippen LogP contribution < -0.4 is 88.0 Å². The van der Waals surface area contributed by atoms with E-state index in [9.17, 15) is 53.1 Å². The number of nitrogens with zero attached hydrogens (tertiary/aromatic N) is 2. The van der Waals surface area contributed by atoms with Gasteiger partial charge in [0, 0.05) is 62.8 Å². The molecular weight excluding hydrogens is 1220 g/mol. The summed E-state index contributed by atoms with van der Waals surface area (Å²) in [5, 5.41) is 34.9. The fourth-order valence-electron chi connectivity index (χ4n) is 9.92. The normalized spacial score (nSPS) is 14.9. The van der Waals surface area contributed by atoms with Crippen LogP contribution in [0.15, 0.2) is 64.7 Å². The molecule has 94 heavy (non-hydrogen) atoms. The summed E-state index contributed by atoms with van der Waals surface area (Å²) >= 11 is 0. The number of carbonyl (C=O) groups excluding carboxylic acids is 12. The van der Waals surface area contributed by atoms with Gasteiger partial charge in [0.2, 0.25) is 70.9 Å². The van der Waals surface area contributed by atoms with Gasteiger partial charge in [0.25, 0.3) is 0 Å². The highest BCUT2D eigenvalue weighted by atomic mass is 16.3. The maximum atomic E-state index is 15.0. The molecule has 1 aromatic heterocycles. The summed E-state index contributed by atoms with van der Waals surface area (Å²) in [6.45, 7) is 11.4. The maximum Gasteiger partial charge on any atom is 0.243 e. The molecule has 25 N–H and O–H groups in total. The SMILES string of the molecule is CC[C@H](C)[C@H](NC(=O)[C@H](CCC(N)=O)NC(C)=O)C(=O)N[C@@H](Cc1ccc(O)cc1)C(=O)N[C@@H](CCCN=C(N)N)C(=O)N[C@@H](CCCN=C(N)N)C(=O)N[C@@H](Cc1c[nH]c2ccccc12)C(=O)N[C@H](C(=O)N[C@H](C(=O)N[C@@H](CCC(N)=O)C(N)=O)[C@@H](C)CC)[C@@H](C)CC. The van der Waals surface area contributed by atoms with Crippen molar-refractivity contribution in [2.45, 2.75) is 186 Å². The number of aliphatic imine (C=N–C) groups is 2. The summed E-state index contributed by atoms with van der Waals surface area (Å²) in [7, 11) is 0. The molecule has 0 spiro atoms. The molecule has 2 aromatic carbocycles. The third-order valence-electron chi connectivity index (χ3n) is 16.0. The molecule has 0 aliphatic heterocycles. The fourth-order valence-corrected chi connectivity index (χ4v) is 9.92. The van der Waals surface area contributed by atoms with Gasteiger partial charge in [-0.25, -0.2) is 0 Å². The van der Waals surface area contributed by atoms with E-state index in [0.29, 0.717) is 41.3 Å². The lowest BCUT2D eigenvalue weighted by atomic mass is 9.94. The number of phenolic OH excluding ortho intramolecular Hbond substituents is 1. The van der Waals surface area contributed by atoms with Crippen molar-refractivity contribution in [1.29, 1.82) is 0 Å².